The van der Waals surface area contributed by atoms with E-state index < -0.39 is 0 Å². The van der Waals surface area contributed by atoms with E-state index in [1.54, 1.807) is 0 Å². The van der Waals surface area contributed by atoms with E-state index in [2.05, 4.69) is 215 Å². The van der Waals surface area contributed by atoms with Crippen molar-refractivity contribution >= 4 is 65.8 Å². The van der Waals surface area contributed by atoms with Gasteiger partial charge in [-0.3, -0.25) is 0 Å². The van der Waals surface area contributed by atoms with Crippen LogP contribution in [-0.4, -0.2) is 19.1 Å². The van der Waals surface area contributed by atoms with E-state index in [4.69, 9.17) is 18.8 Å². The molecule has 0 bridgehead atoms. The van der Waals surface area contributed by atoms with Gasteiger partial charge in [-0.1, -0.05) is 133 Å². The van der Waals surface area contributed by atoms with Crippen molar-refractivity contribution in [2.45, 2.75) is 0 Å². The van der Waals surface area contributed by atoms with Gasteiger partial charge in [-0.05, 0) is 119 Å². The first-order chi connectivity index (χ1) is 33.7. The molecule has 0 saturated heterocycles. The van der Waals surface area contributed by atoms with E-state index in [1.165, 1.54) is 43.8 Å². The average molecular weight is 871 g/mol. The Morgan fingerprint density at radius 3 is 1.10 bits per heavy atom. The van der Waals surface area contributed by atoms with Crippen molar-refractivity contribution in [3.05, 3.63) is 231 Å². The maximum atomic E-state index is 6.66. The first-order valence-electron chi connectivity index (χ1n) is 22.9. The highest BCUT2D eigenvalue weighted by molar-refractivity contribution is 6.12. The van der Waals surface area contributed by atoms with Crippen LogP contribution in [0.15, 0.2) is 239 Å². The third-order valence-electron chi connectivity index (χ3n) is 13.4. The lowest BCUT2D eigenvalue weighted by molar-refractivity contribution is 0.616. The number of aromatic nitrogens is 4. The van der Waals surface area contributed by atoms with Crippen LogP contribution in [0.2, 0.25) is 0 Å². The molecule has 0 radical (unpaired) electrons. The number of benzene rings is 10. The minimum absolute atomic E-state index is 0.555. The Hall–Kier alpha value is -9.26. The highest BCUT2D eigenvalue weighted by atomic mass is 16.4. The van der Waals surface area contributed by atoms with Crippen LogP contribution in [-0.2, 0) is 0 Å². The van der Waals surface area contributed by atoms with Crippen LogP contribution in [0.5, 0.6) is 0 Å². The molecular weight excluding hydrogens is 833 g/mol. The quantitative estimate of drug-likeness (QED) is 0.160. The number of nitrogens with zero attached hydrogens (tertiary/aromatic N) is 4. The van der Waals surface area contributed by atoms with Gasteiger partial charge in [-0.15, -0.1) is 0 Å². The zero-order valence-corrected chi connectivity index (χ0v) is 36.5. The van der Waals surface area contributed by atoms with E-state index in [1.807, 2.05) is 24.3 Å². The number of para-hydroxylation sites is 4. The zero-order valence-electron chi connectivity index (χ0n) is 36.5. The van der Waals surface area contributed by atoms with E-state index in [-0.39, 0.29) is 0 Å². The summed E-state index contributed by atoms with van der Waals surface area (Å²) in [5.41, 5.74) is 18.1. The van der Waals surface area contributed by atoms with Gasteiger partial charge in [0.15, 0.2) is 11.2 Å². The Balaban J connectivity index is 0.788. The molecule has 0 spiro atoms. The van der Waals surface area contributed by atoms with E-state index in [0.29, 0.717) is 22.9 Å². The van der Waals surface area contributed by atoms with Crippen LogP contribution in [0.4, 0.5) is 0 Å². The van der Waals surface area contributed by atoms with Crippen molar-refractivity contribution in [1.82, 2.24) is 19.1 Å². The van der Waals surface area contributed by atoms with E-state index in [0.717, 1.165) is 66.7 Å². The van der Waals surface area contributed by atoms with Crippen LogP contribution in [0.25, 0.3) is 133 Å². The Bertz CT molecular complexity index is 3960. The van der Waals surface area contributed by atoms with Gasteiger partial charge in [-0.25, -0.2) is 9.97 Å². The van der Waals surface area contributed by atoms with Gasteiger partial charge in [0.2, 0.25) is 11.8 Å². The molecule has 68 heavy (non-hydrogen) atoms. The number of hydrogen-bond acceptors (Lipinski definition) is 4. The van der Waals surface area contributed by atoms with Gasteiger partial charge < -0.3 is 18.0 Å². The third kappa shape index (κ3) is 6.05. The molecule has 4 heterocycles. The first-order valence-corrected chi connectivity index (χ1v) is 22.9. The van der Waals surface area contributed by atoms with Crippen LogP contribution in [0.1, 0.15) is 0 Å². The summed E-state index contributed by atoms with van der Waals surface area (Å²) in [6, 6.07) is 81.0. The highest BCUT2D eigenvalue weighted by Crippen LogP contribution is 2.40. The maximum Gasteiger partial charge on any atom is 0.227 e. The molecule has 0 N–H and O–H groups in total. The fourth-order valence-electron chi connectivity index (χ4n) is 10.2. The van der Waals surface area contributed by atoms with Crippen molar-refractivity contribution in [3.8, 4) is 67.7 Å². The van der Waals surface area contributed by atoms with Crippen LogP contribution < -0.4 is 0 Å². The number of rotatable bonds is 7. The molecular formula is C62H38N4O2. The second-order valence-corrected chi connectivity index (χ2v) is 17.3. The lowest BCUT2D eigenvalue weighted by Gasteiger charge is -2.09. The Kier molecular flexibility index (Phi) is 8.48. The predicted molar refractivity (Wildman–Crippen MR) is 277 cm³/mol. The third-order valence-corrected chi connectivity index (χ3v) is 13.4. The Morgan fingerprint density at radius 1 is 0.279 bits per heavy atom. The molecule has 4 aromatic heterocycles. The minimum Gasteiger partial charge on any atom is -0.435 e. The molecule has 0 aliphatic heterocycles. The molecule has 0 saturated carbocycles. The van der Waals surface area contributed by atoms with Gasteiger partial charge in [0.25, 0.3) is 0 Å². The van der Waals surface area contributed by atoms with Gasteiger partial charge in [0, 0.05) is 55.2 Å². The Labute approximate surface area is 390 Å². The zero-order chi connectivity index (χ0) is 44.7. The van der Waals surface area contributed by atoms with Crippen molar-refractivity contribution < 1.29 is 8.83 Å². The fraction of sp³-hybridized carbons (Fsp3) is 0. The molecule has 0 fully saturated rings. The SMILES string of the molecule is c1ccc(-c2ccc3c(c2)c2ccccc2n3-c2ccc(-c3nc4cccc(-c5cccc6nc(-c7ccc(-n8c9ccccc9c9cc(-c%10ccccc%10)ccc98)cc7)oc56)c4o3)cc2)cc1. The van der Waals surface area contributed by atoms with Crippen molar-refractivity contribution in [1.29, 1.82) is 0 Å². The lowest BCUT2D eigenvalue weighted by Crippen LogP contribution is -1.93. The summed E-state index contributed by atoms with van der Waals surface area (Å²) in [4.78, 5) is 9.99. The average Bonchev–Trinajstić information content (AvgIpc) is 4.20. The monoisotopic (exact) mass is 870 g/mol. The summed E-state index contributed by atoms with van der Waals surface area (Å²) >= 11 is 0. The van der Waals surface area contributed by atoms with Gasteiger partial charge in [0.05, 0.1) is 22.1 Å². The predicted octanol–water partition coefficient (Wildman–Crippen LogP) is 16.5. The van der Waals surface area contributed by atoms with Crippen LogP contribution in [0, 0.1) is 0 Å². The van der Waals surface area contributed by atoms with Gasteiger partial charge >= 0.3 is 0 Å². The molecule has 6 heteroatoms. The topological polar surface area (TPSA) is 61.9 Å². The van der Waals surface area contributed by atoms with Crippen molar-refractivity contribution in [3.63, 3.8) is 0 Å². The van der Waals surface area contributed by atoms with Crippen LogP contribution >= 0.6 is 0 Å². The number of hydrogen-bond donors (Lipinski definition) is 0. The largest absolute Gasteiger partial charge is 0.435 e. The number of fused-ring (bicyclic) bond motifs is 8. The highest BCUT2D eigenvalue weighted by Gasteiger charge is 2.20. The summed E-state index contributed by atoms with van der Waals surface area (Å²) < 4.78 is 18.0. The van der Waals surface area contributed by atoms with E-state index in [9.17, 15) is 0 Å². The smallest absolute Gasteiger partial charge is 0.227 e. The second kappa shape index (κ2) is 15.2. The summed E-state index contributed by atoms with van der Waals surface area (Å²) in [5, 5.41) is 4.88. The number of oxazole rings is 2. The molecule has 0 atom stereocenters. The van der Waals surface area contributed by atoms with Gasteiger partial charge in [-0.2, -0.15) is 0 Å². The first kappa shape index (κ1) is 38.1. The van der Waals surface area contributed by atoms with Crippen molar-refractivity contribution in [2.75, 3.05) is 0 Å². The molecule has 14 aromatic rings. The minimum atomic E-state index is 0.555. The van der Waals surface area contributed by atoms with Gasteiger partial charge in [0.1, 0.15) is 11.0 Å². The molecule has 0 amide bonds. The standard InChI is InChI=1S/C62H38N4O2/c1-3-13-39(14-4-1)43-29-35-57-51(37-43)47-17-7-9-23-55(47)65(57)45-31-25-41(26-32-45)61-63-53-21-11-19-49(59(53)67-61)50-20-12-22-54-60(50)68-62(64-54)42-27-33-46(34-28-42)66-56-24-10-8-18-48(56)52-38-44(30-36-58(52)66)40-15-5-2-6-16-40/h1-38H. The summed E-state index contributed by atoms with van der Waals surface area (Å²) in [6.45, 7) is 0. The van der Waals surface area contributed by atoms with Crippen LogP contribution in [0.3, 0.4) is 0 Å². The lowest BCUT2D eigenvalue weighted by atomic mass is 10.0. The normalized spacial score (nSPS) is 11.8. The molecule has 0 aliphatic rings. The van der Waals surface area contributed by atoms with Crippen molar-refractivity contribution in [2.24, 2.45) is 0 Å². The molecule has 318 valence electrons. The molecule has 0 aliphatic carbocycles. The summed E-state index contributed by atoms with van der Waals surface area (Å²) in [5.74, 6) is 1.11. The molecule has 0 unspecified atom stereocenters. The molecule has 14 rings (SSSR count). The maximum absolute atomic E-state index is 6.66. The molecule has 10 aromatic carbocycles. The second-order valence-electron chi connectivity index (χ2n) is 17.3. The Morgan fingerprint density at radius 2 is 0.662 bits per heavy atom. The molecule has 6 nitrogen and oxygen atoms in total. The fourth-order valence-corrected chi connectivity index (χ4v) is 10.2. The van der Waals surface area contributed by atoms with E-state index >= 15 is 0 Å². The summed E-state index contributed by atoms with van der Waals surface area (Å²) in [7, 11) is 0. The summed E-state index contributed by atoms with van der Waals surface area (Å²) in [6.07, 6.45) is 0.